The van der Waals surface area contributed by atoms with Crippen molar-refractivity contribution in [1.82, 2.24) is 15.5 Å². The highest BCUT2D eigenvalue weighted by atomic mass is 35.5. The van der Waals surface area contributed by atoms with Gasteiger partial charge >= 0.3 is 0 Å². The van der Waals surface area contributed by atoms with Crippen molar-refractivity contribution in [3.05, 3.63) is 34.9 Å². The normalized spacial score (nSPS) is 22.6. The average molecular weight is 414 g/mol. The molecule has 2 amide bonds. The fourth-order valence-electron chi connectivity index (χ4n) is 3.86. The van der Waals surface area contributed by atoms with Gasteiger partial charge in [0.2, 0.25) is 5.91 Å². The van der Waals surface area contributed by atoms with E-state index in [4.69, 9.17) is 11.6 Å². The summed E-state index contributed by atoms with van der Waals surface area (Å²) >= 11 is 5.89. The highest BCUT2D eigenvalue weighted by Crippen LogP contribution is 2.20. The molecule has 2 aliphatic rings. The second kappa shape index (κ2) is 10.9. The van der Waals surface area contributed by atoms with E-state index in [2.05, 4.69) is 10.6 Å². The van der Waals surface area contributed by atoms with Crippen LogP contribution < -0.4 is 10.6 Å². The van der Waals surface area contributed by atoms with Gasteiger partial charge in [-0.2, -0.15) is 0 Å². The van der Waals surface area contributed by atoms with Gasteiger partial charge < -0.3 is 15.5 Å². The number of hydrogen-bond acceptors (Lipinski definition) is 3. The van der Waals surface area contributed by atoms with Crippen LogP contribution in [0.5, 0.6) is 0 Å². The van der Waals surface area contributed by atoms with Gasteiger partial charge in [0.25, 0.3) is 5.91 Å². The standard InChI is InChI=1S/C20H28ClN3O2.ClH/c21-18-7-5-16(6-8-18)20(26)24-12-2-4-17(14-24)19(25)23-11-9-15-3-1-10-22-13-15;/h5-8,15,17,22H,1-4,9-14H2,(H,23,25);1H. The summed E-state index contributed by atoms with van der Waals surface area (Å²) < 4.78 is 0. The van der Waals surface area contributed by atoms with Gasteiger partial charge in [-0.3, -0.25) is 9.59 Å². The van der Waals surface area contributed by atoms with E-state index >= 15 is 0 Å². The summed E-state index contributed by atoms with van der Waals surface area (Å²) in [5, 5.41) is 7.11. The maximum absolute atomic E-state index is 12.6. The Morgan fingerprint density at radius 3 is 2.67 bits per heavy atom. The van der Waals surface area contributed by atoms with Crippen molar-refractivity contribution in [3.63, 3.8) is 0 Å². The van der Waals surface area contributed by atoms with Crippen molar-refractivity contribution in [2.24, 2.45) is 11.8 Å². The summed E-state index contributed by atoms with van der Waals surface area (Å²) in [7, 11) is 0. The van der Waals surface area contributed by atoms with Gasteiger partial charge in [0.05, 0.1) is 5.92 Å². The Hall–Kier alpha value is -1.30. The quantitative estimate of drug-likeness (QED) is 0.779. The van der Waals surface area contributed by atoms with Gasteiger partial charge in [-0.25, -0.2) is 0 Å². The first-order valence-corrected chi connectivity index (χ1v) is 10.0. The summed E-state index contributed by atoms with van der Waals surface area (Å²) in [6.07, 6.45) is 5.21. The molecule has 0 aromatic heterocycles. The van der Waals surface area contributed by atoms with Gasteiger partial charge in [-0.05, 0) is 75.4 Å². The predicted molar refractivity (Wildman–Crippen MR) is 111 cm³/mol. The summed E-state index contributed by atoms with van der Waals surface area (Å²) in [4.78, 5) is 26.9. The molecule has 2 fully saturated rings. The summed E-state index contributed by atoms with van der Waals surface area (Å²) in [5.74, 6) is 0.623. The van der Waals surface area contributed by atoms with Gasteiger partial charge in [-0.15, -0.1) is 12.4 Å². The number of piperidine rings is 2. The molecule has 2 saturated heterocycles. The smallest absolute Gasteiger partial charge is 0.253 e. The second-order valence-electron chi connectivity index (χ2n) is 7.39. The zero-order valence-corrected chi connectivity index (χ0v) is 17.2. The van der Waals surface area contributed by atoms with Gasteiger partial charge in [0, 0.05) is 30.2 Å². The van der Waals surface area contributed by atoms with Crippen molar-refractivity contribution in [2.45, 2.75) is 32.1 Å². The van der Waals surface area contributed by atoms with Crippen LogP contribution in [0.3, 0.4) is 0 Å². The largest absolute Gasteiger partial charge is 0.356 e. The molecule has 2 unspecified atom stereocenters. The number of carbonyl (C=O) groups is 2. The van der Waals surface area contributed by atoms with E-state index in [-0.39, 0.29) is 30.1 Å². The van der Waals surface area contributed by atoms with Crippen molar-refractivity contribution in [3.8, 4) is 0 Å². The monoisotopic (exact) mass is 413 g/mol. The second-order valence-corrected chi connectivity index (χ2v) is 7.83. The van der Waals surface area contributed by atoms with E-state index in [9.17, 15) is 9.59 Å². The Morgan fingerprint density at radius 2 is 1.96 bits per heavy atom. The lowest BCUT2D eigenvalue weighted by molar-refractivity contribution is -0.126. The minimum absolute atomic E-state index is 0. The first-order valence-electron chi connectivity index (χ1n) is 9.67. The molecule has 0 saturated carbocycles. The molecular weight excluding hydrogens is 385 g/mol. The lowest BCUT2D eigenvalue weighted by Crippen LogP contribution is -2.45. The third-order valence-electron chi connectivity index (χ3n) is 5.42. The van der Waals surface area contributed by atoms with Crippen LogP contribution in [0.25, 0.3) is 0 Å². The summed E-state index contributed by atoms with van der Waals surface area (Å²) in [6, 6.07) is 6.94. The Balaban J connectivity index is 0.00000261. The molecule has 3 rings (SSSR count). The van der Waals surface area contributed by atoms with E-state index in [1.807, 2.05) is 0 Å². The van der Waals surface area contributed by atoms with Crippen molar-refractivity contribution >= 4 is 35.8 Å². The maximum atomic E-state index is 12.6. The van der Waals surface area contributed by atoms with E-state index < -0.39 is 0 Å². The van der Waals surface area contributed by atoms with Gasteiger partial charge in [0.1, 0.15) is 0 Å². The fraction of sp³-hybridized carbons (Fsp3) is 0.600. The number of hydrogen-bond donors (Lipinski definition) is 2. The zero-order valence-electron chi connectivity index (χ0n) is 15.6. The van der Waals surface area contributed by atoms with E-state index in [1.165, 1.54) is 12.8 Å². The van der Waals surface area contributed by atoms with E-state index in [1.54, 1.807) is 29.2 Å². The molecule has 5 nitrogen and oxygen atoms in total. The number of benzene rings is 1. The molecule has 0 radical (unpaired) electrons. The molecule has 7 heteroatoms. The molecule has 1 aromatic carbocycles. The van der Waals surface area contributed by atoms with Crippen LogP contribution in [0.1, 0.15) is 42.5 Å². The Morgan fingerprint density at radius 1 is 1.19 bits per heavy atom. The molecule has 2 N–H and O–H groups in total. The van der Waals surface area contributed by atoms with Crippen LogP contribution in [-0.2, 0) is 4.79 Å². The molecule has 0 aliphatic carbocycles. The highest BCUT2D eigenvalue weighted by molar-refractivity contribution is 6.30. The third kappa shape index (κ3) is 6.37. The third-order valence-corrected chi connectivity index (χ3v) is 5.67. The molecule has 2 atom stereocenters. The number of carbonyl (C=O) groups excluding carboxylic acids is 2. The number of nitrogens with zero attached hydrogens (tertiary/aromatic N) is 1. The van der Waals surface area contributed by atoms with E-state index in [0.29, 0.717) is 29.6 Å². The minimum atomic E-state index is -0.107. The lowest BCUT2D eigenvalue weighted by atomic mass is 9.95. The zero-order chi connectivity index (χ0) is 18.4. The molecule has 27 heavy (non-hydrogen) atoms. The van der Waals surface area contributed by atoms with Crippen LogP contribution in [0.4, 0.5) is 0 Å². The number of likely N-dealkylation sites (tertiary alicyclic amines) is 1. The van der Waals surface area contributed by atoms with Gasteiger partial charge in [0.15, 0.2) is 0 Å². The van der Waals surface area contributed by atoms with Crippen LogP contribution in [0, 0.1) is 11.8 Å². The van der Waals surface area contributed by atoms with Gasteiger partial charge in [-0.1, -0.05) is 11.6 Å². The minimum Gasteiger partial charge on any atom is -0.356 e. The Kier molecular flexibility index (Phi) is 8.87. The number of amides is 2. The van der Waals surface area contributed by atoms with Crippen LogP contribution in [0.15, 0.2) is 24.3 Å². The molecule has 0 spiro atoms. The molecule has 1 aromatic rings. The molecule has 0 bridgehead atoms. The fourth-order valence-corrected chi connectivity index (χ4v) is 3.99. The predicted octanol–water partition coefficient (Wildman–Crippen LogP) is 3.12. The first kappa shape index (κ1) is 22.0. The van der Waals surface area contributed by atoms with Crippen LogP contribution >= 0.6 is 24.0 Å². The summed E-state index contributed by atoms with van der Waals surface area (Å²) in [6.45, 7) is 4.11. The van der Waals surface area contributed by atoms with Crippen LogP contribution in [0.2, 0.25) is 5.02 Å². The van der Waals surface area contributed by atoms with Crippen molar-refractivity contribution in [1.29, 1.82) is 0 Å². The SMILES string of the molecule is Cl.O=C(NCCC1CCCNC1)C1CCCN(C(=O)c2ccc(Cl)cc2)C1. The Labute approximate surface area is 172 Å². The summed E-state index contributed by atoms with van der Waals surface area (Å²) in [5.41, 5.74) is 0.625. The molecule has 150 valence electrons. The molecule has 2 aliphatic heterocycles. The number of rotatable bonds is 5. The number of halogens is 2. The first-order chi connectivity index (χ1) is 12.6. The lowest BCUT2D eigenvalue weighted by Gasteiger charge is -2.32. The maximum Gasteiger partial charge on any atom is 0.253 e. The van der Waals surface area contributed by atoms with E-state index in [0.717, 1.165) is 38.9 Å². The topological polar surface area (TPSA) is 61.4 Å². The average Bonchev–Trinajstić information content (AvgIpc) is 2.69. The number of nitrogens with one attached hydrogen (secondary N) is 2. The highest BCUT2D eigenvalue weighted by Gasteiger charge is 2.28. The molecular formula is C20H29Cl2N3O2. The van der Waals surface area contributed by atoms with Crippen molar-refractivity contribution < 1.29 is 9.59 Å². The molecule has 2 heterocycles. The van der Waals surface area contributed by atoms with Crippen LogP contribution in [-0.4, -0.2) is 49.4 Å². The van der Waals surface area contributed by atoms with Crippen molar-refractivity contribution in [2.75, 3.05) is 32.7 Å². The Bertz CT molecular complexity index is 618.